The number of carbonyl (C=O) groups is 4. The van der Waals surface area contributed by atoms with Crippen molar-refractivity contribution in [1.29, 1.82) is 0 Å². The standard InChI is InChI=1S/C51H56N8O7/c1-28(2)42(56-50(62)64-3)48(60)58-23-7-11-40(58)46-52-26-39(54-46)32-17-18-34-33(25-32)27-66-45-36(34)20-19-35-37(45)21-22-38-44(35)55-47(53-38)41-12-8-24-59(41)49(61)43(57-51(63)65-4)31-15-13-30(14-16-31)29-9-5-6-10-29/h13-22,25-26,28-29,40-43H,5-12,23-24,27H2,1-4H3,(H,52,54)(H,53,55)(H,56,62)(H,57,63)/t40-,41-,42-,43+/m0/s1. The largest absolute Gasteiger partial charge is 0.488 e. The number of alkyl carbamates (subject to hydrolysis) is 2. The summed E-state index contributed by atoms with van der Waals surface area (Å²) in [7, 11) is 2.60. The Morgan fingerprint density at radius 3 is 2.15 bits per heavy atom. The number of imidazole rings is 2. The molecule has 3 fully saturated rings. The zero-order chi connectivity index (χ0) is 45.6. The van der Waals surface area contributed by atoms with Gasteiger partial charge in [0.15, 0.2) is 0 Å². The molecular weight excluding hydrogens is 837 g/mol. The molecule has 4 amide bonds. The van der Waals surface area contributed by atoms with E-state index in [0.717, 1.165) is 86.7 Å². The predicted octanol–water partition coefficient (Wildman–Crippen LogP) is 9.13. The summed E-state index contributed by atoms with van der Waals surface area (Å²) in [6.07, 6.45) is 8.50. The second-order valence-corrected chi connectivity index (χ2v) is 18.4. The number of H-pyrrole nitrogens is 2. The Hall–Kier alpha value is -6.90. The molecule has 15 nitrogen and oxygen atoms in total. The third-order valence-electron chi connectivity index (χ3n) is 14.2. The van der Waals surface area contributed by atoms with Crippen molar-refractivity contribution in [2.75, 3.05) is 27.3 Å². The molecule has 4 aliphatic rings. The van der Waals surface area contributed by atoms with Crippen LogP contribution in [0.15, 0.2) is 72.9 Å². The fourth-order valence-corrected chi connectivity index (χ4v) is 10.7. The first kappa shape index (κ1) is 43.0. The topological polar surface area (TPSA) is 184 Å². The minimum Gasteiger partial charge on any atom is -0.488 e. The van der Waals surface area contributed by atoms with Crippen LogP contribution >= 0.6 is 0 Å². The van der Waals surface area contributed by atoms with Gasteiger partial charge in [-0.1, -0.05) is 69.2 Å². The van der Waals surface area contributed by atoms with Crippen molar-refractivity contribution in [3.05, 3.63) is 101 Å². The second kappa shape index (κ2) is 17.8. The summed E-state index contributed by atoms with van der Waals surface area (Å²) in [5.41, 5.74) is 8.58. The van der Waals surface area contributed by atoms with Crippen molar-refractivity contribution in [2.24, 2.45) is 5.92 Å². The zero-order valence-electron chi connectivity index (χ0n) is 37.8. The first-order valence-corrected chi connectivity index (χ1v) is 23.3. The summed E-state index contributed by atoms with van der Waals surface area (Å²) in [6, 6.07) is 20.6. The molecule has 15 heteroatoms. The van der Waals surface area contributed by atoms with E-state index in [1.54, 1.807) is 0 Å². The van der Waals surface area contributed by atoms with E-state index in [2.05, 4.69) is 69.1 Å². The van der Waals surface area contributed by atoms with E-state index in [4.69, 9.17) is 24.2 Å². The van der Waals surface area contributed by atoms with Crippen LogP contribution in [-0.4, -0.2) is 87.1 Å². The van der Waals surface area contributed by atoms with Gasteiger partial charge in [-0.2, -0.15) is 0 Å². The van der Waals surface area contributed by atoms with Crippen LogP contribution in [0.4, 0.5) is 9.59 Å². The Labute approximate surface area is 383 Å². The van der Waals surface area contributed by atoms with Crippen LogP contribution in [0, 0.1) is 5.92 Å². The summed E-state index contributed by atoms with van der Waals surface area (Å²) in [5.74, 6) is 2.29. The molecule has 0 spiro atoms. The maximum atomic E-state index is 14.4. The van der Waals surface area contributed by atoms with Crippen LogP contribution in [0.2, 0.25) is 0 Å². The average Bonchev–Trinajstić information content (AvgIpc) is 4.21. The summed E-state index contributed by atoms with van der Waals surface area (Å²) < 4.78 is 16.3. The van der Waals surface area contributed by atoms with Crippen molar-refractivity contribution in [1.82, 2.24) is 40.4 Å². The predicted molar refractivity (Wildman–Crippen MR) is 248 cm³/mol. The Bertz CT molecular complexity index is 2830. The smallest absolute Gasteiger partial charge is 0.407 e. The minimum absolute atomic E-state index is 0.120. The van der Waals surface area contributed by atoms with E-state index >= 15 is 0 Å². The van der Waals surface area contributed by atoms with Crippen LogP contribution in [0.1, 0.15) is 118 Å². The fraction of sp³-hybridized carbons (Fsp3) is 0.412. The van der Waals surface area contributed by atoms with E-state index in [-0.39, 0.29) is 29.8 Å². The molecule has 5 heterocycles. The van der Waals surface area contributed by atoms with Gasteiger partial charge in [0.05, 0.1) is 49.2 Å². The lowest BCUT2D eigenvalue weighted by Gasteiger charge is -2.30. The number of benzene rings is 4. The van der Waals surface area contributed by atoms with Gasteiger partial charge >= 0.3 is 12.2 Å². The number of ether oxygens (including phenoxy) is 3. The van der Waals surface area contributed by atoms with Gasteiger partial charge in [-0.25, -0.2) is 19.6 Å². The highest BCUT2D eigenvalue weighted by atomic mass is 16.5. The number of nitrogens with one attached hydrogen (secondary N) is 4. The molecular formula is C51H56N8O7. The van der Waals surface area contributed by atoms with E-state index in [9.17, 15) is 19.2 Å². The number of aromatic amines is 2. The molecule has 4 atom stereocenters. The summed E-state index contributed by atoms with van der Waals surface area (Å²) in [6.45, 7) is 5.30. The Morgan fingerprint density at radius 2 is 1.42 bits per heavy atom. The zero-order valence-corrected chi connectivity index (χ0v) is 37.8. The van der Waals surface area contributed by atoms with Crippen molar-refractivity contribution in [3.8, 4) is 28.1 Å². The molecule has 1 aliphatic carbocycles. The van der Waals surface area contributed by atoms with Crippen LogP contribution in [-0.2, 0) is 25.7 Å². The van der Waals surface area contributed by atoms with Crippen molar-refractivity contribution < 1.29 is 33.4 Å². The molecule has 6 aromatic rings. The van der Waals surface area contributed by atoms with Gasteiger partial charge in [0, 0.05) is 29.4 Å². The molecule has 2 aromatic heterocycles. The maximum Gasteiger partial charge on any atom is 0.407 e. The van der Waals surface area contributed by atoms with Gasteiger partial charge in [-0.15, -0.1) is 0 Å². The fourth-order valence-electron chi connectivity index (χ4n) is 10.7. The first-order valence-electron chi connectivity index (χ1n) is 23.3. The van der Waals surface area contributed by atoms with Crippen LogP contribution < -0.4 is 15.4 Å². The molecule has 3 aliphatic heterocycles. The van der Waals surface area contributed by atoms with Crippen molar-refractivity contribution in [2.45, 2.75) is 102 Å². The van der Waals surface area contributed by atoms with Gasteiger partial charge in [0.1, 0.15) is 36.1 Å². The Kier molecular flexibility index (Phi) is 11.6. The van der Waals surface area contributed by atoms with Crippen molar-refractivity contribution in [3.63, 3.8) is 0 Å². The number of aromatic nitrogens is 4. The van der Waals surface area contributed by atoms with Gasteiger partial charge in [0.2, 0.25) is 5.91 Å². The van der Waals surface area contributed by atoms with E-state index in [1.807, 2.05) is 48.0 Å². The second-order valence-electron chi connectivity index (χ2n) is 18.4. The van der Waals surface area contributed by atoms with Gasteiger partial charge in [-0.05, 0) is 102 Å². The molecule has 66 heavy (non-hydrogen) atoms. The number of methoxy groups -OCH3 is 2. The molecule has 0 unspecified atom stereocenters. The monoisotopic (exact) mass is 892 g/mol. The number of hydrogen-bond donors (Lipinski definition) is 4. The lowest BCUT2D eigenvalue weighted by Crippen LogP contribution is -2.51. The number of rotatable bonds is 10. The van der Waals surface area contributed by atoms with E-state index in [0.29, 0.717) is 37.3 Å². The molecule has 0 bridgehead atoms. The molecule has 1 saturated carbocycles. The number of hydrogen-bond acceptors (Lipinski definition) is 9. The Balaban J connectivity index is 0.884. The van der Waals surface area contributed by atoms with Crippen LogP contribution in [0.3, 0.4) is 0 Å². The molecule has 0 radical (unpaired) electrons. The van der Waals surface area contributed by atoms with Crippen LogP contribution in [0.5, 0.6) is 5.75 Å². The van der Waals surface area contributed by atoms with E-state index < -0.39 is 24.3 Å². The molecule has 10 rings (SSSR count). The van der Waals surface area contributed by atoms with Crippen LogP contribution in [0.25, 0.3) is 44.2 Å². The van der Waals surface area contributed by atoms with Crippen molar-refractivity contribution >= 4 is 45.8 Å². The number of fused-ring (bicyclic) bond motifs is 7. The first-order chi connectivity index (χ1) is 32.1. The quantitative estimate of drug-likeness (QED) is 0.104. The number of carbonyl (C=O) groups excluding carboxylic acids is 4. The molecule has 4 N–H and O–H groups in total. The van der Waals surface area contributed by atoms with E-state index in [1.165, 1.54) is 45.5 Å². The molecule has 4 aromatic carbocycles. The van der Waals surface area contributed by atoms with Gasteiger partial charge in [-0.3, -0.25) is 9.59 Å². The minimum atomic E-state index is -0.900. The third-order valence-corrected chi connectivity index (χ3v) is 14.2. The number of nitrogens with zero attached hydrogens (tertiary/aromatic N) is 4. The number of amides is 4. The normalized spacial score (nSPS) is 19.1. The SMILES string of the molecule is COC(=O)N[C@H](C(=O)N1CCC[C@H]1c1ncc(-c2ccc3c(c2)COc2c-3ccc3c2ccc2[nH]c([C@@H]4CCCN4C(=O)[C@H](NC(=O)OC)c4ccc(C5CCCC5)cc4)nc23)[nH]1)C(C)C. The van der Waals surface area contributed by atoms with Gasteiger partial charge in [0.25, 0.3) is 5.91 Å². The lowest BCUT2D eigenvalue weighted by molar-refractivity contribution is -0.135. The summed E-state index contributed by atoms with van der Waals surface area (Å²) in [5, 5.41) is 7.43. The summed E-state index contributed by atoms with van der Waals surface area (Å²) >= 11 is 0. The third kappa shape index (κ3) is 7.87. The molecule has 342 valence electrons. The Morgan fingerprint density at radius 1 is 0.742 bits per heavy atom. The lowest BCUT2D eigenvalue weighted by atomic mass is 9.92. The number of likely N-dealkylation sites (tertiary alicyclic amines) is 2. The van der Waals surface area contributed by atoms with Gasteiger partial charge < -0.3 is 44.6 Å². The average molecular weight is 893 g/mol. The molecule has 2 saturated heterocycles. The maximum absolute atomic E-state index is 14.4. The highest BCUT2D eigenvalue weighted by molar-refractivity contribution is 6.09. The highest BCUT2D eigenvalue weighted by Crippen LogP contribution is 2.45. The summed E-state index contributed by atoms with van der Waals surface area (Å²) in [4.78, 5) is 73.4. The highest BCUT2D eigenvalue weighted by Gasteiger charge is 2.39.